The van der Waals surface area contributed by atoms with Crippen molar-refractivity contribution >= 4 is 35.0 Å². The predicted octanol–water partition coefficient (Wildman–Crippen LogP) is 4.26. The number of para-hydroxylation sites is 1. The summed E-state index contributed by atoms with van der Waals surface area (Å²) in [5.41, 5.74) is 1.32. The van der Waals surface area contributed by atoms with E-state index in [0.29, 0.717) is 30.4 Å². The van der Waals surface area contributed by atoms with Gasteiger partial charge in [0.15, 0.2) is 11.5 Å². The van der Waals surface area contributed by atoms with Crippen LogP contribution in [-0.2, 0) is 9.59 Å². The van der Waals surface area contributed by atoms with Crippen molar-refractivity contribution < 1.29 is 23.5 Å². The fourth-order valence-corrected chi connectivity index (χ4v) is 4.89. The molecule has 0 saturated heterocycles. The predicted molar refractivity (Wildman–Crippen MR) is 117 cm³/mol. The van der Waals surface area contributed by atoms with Gasteiger partial charge in [0.05, 0.1) is 17.2 Å². The summed E-state index contributed by atoms with van der Waals surface area (Å²) in [4.78, 5) is 28.4. The number of hydrogen-bond donors (Lipinski definition) is 1. The number of carbonyl (C=O) groups is 2. The van der Waals surface area contributed by atoms with Crippen LogP contribution in [0.1, 0.15) is 17.4 Å². The highest BCUT2D eigenvalue weighted by atomic mass is 32.2. The first kappa shape index (κ1) is 19.6. The van der Waals surface area contributed by atoms with E-state index >= 15 is 0 Å². The lowest BCUT2D eigenvalue weighted by atomic mass is 10.2. The summed E-state index contributed by atoms with van der Waals surface area (Å²) in [5, 5.41) is 2.71. The molecule has 7 nitrogen and oxygen atoms in total. The van der Waals surface area contributed by atoms with Gasteiger partial charge in [0, 0.05) is 23.1 Å². The third-order valence-corrected chi connectivity index (χ3v) is 6.36. The zero-order valence-electron chi connectivity index (χ0n) is 16.6. The van der Waals surface area contributed by atoms with E-state index < -0.39 is 0 Å². The molecule has 0 unspecified atom stereocenters. The maximum absolute atomic E-state index is 13.1. The van der Waals surface area contributed by atoms with Gasteiger partial charge in [-0.05, 0) is 36.4 Å². The number of rotatable bonds is 4. The first-order valence-electron chi connectivity index (χ1n) is 9.96. The zero-order valence-corrected chi connectivity index (χ0v) is 17.4. The Morgan fingerprint density at radius 2 is 1.90 bits per heavy atom. The summed E-state index contributed by atoms with van der Waals surface area (Å²) in [6.07, 6.45) is 1.85. The van der Waals surface area contributed by atoms with Crippen molar-refractivity contribution in [1.82, 2.24) is 0 Å². The smallest absolute Gasteiger partial charge is 0.244 e. The molecule has 3 heterocycles. The van der Waals surface area contributed by atoms with Crippen LogP contribution in [0.4, 0.5) is 11.4 Å². The van der Waals surface area contributed by atoms with Gasteiger partial charge in [0.1, 0.15) is 25.5 Å². The van der Waals surface area contributed by atoms with Gasteiger partial charge >= 0.3 is 0 Å². The molecule has 0 fully saturated rings. The molecule has 1 atom stereocenters. The van der Waals surface area contributed by atoms with E-state index in [4.69, 9.17) is 13.9 Å². The average Bonchev–Trinajstić information content (AvgIpc) is 3.28. The first-order valence-corrected chi connectivity index (χ1v) is 10.8. The molecule has 0 saturated carbocycles. The van der Waals surface area contributed by atoms with E-state index in [0.717, 1.165) is 16.3 Å². The molecule has 2 aliphatic rings. The van der Waals surface area contributed by atoms with E-state index in [-0.39, 0.29) is 30.0 Å². The number of hydrogen-bond acceptors (Lipinski definition) is 6. The third-order valence-electron chi connectivity index (χ3n) is 5.07. The number of ether oxygens (including phenoxy) is 2. The van der Waals surface area contributed by atoms with Gasteiger partial charge in [-0.25, -0.2) is 0 Å². The molecule has 158 valence electrons. The maximum atomic E-state index is 13.1. The Hall–Kier alpha value is -3.39. The molecule has 0 bridgehead atoms. The van der Waals surface area contributed by atoms with E-state index in [1.807, 2.05) is 36.4 Å². The Kier molecular flexibility index (Phi) is 5.30. The van der Waals surface area contributed by atoms with Crippen molar-refractivity contribution in [3.05, 3.63) is 66.6 Å². The molecule has 0 radical (unpaired) electrons. The quantitative estimate of drug-likeness (QED) is 0.658. The minimum atomic E-state index is -0.290. The van der Waals surface area contributed by atoms with Gasteiger partial charge in [-0.1, -0.05) is 12.1 Å². The van der Waals surface area contributed by atoms with Gasteiger partial charge in [0.2, 0.25) is 11.8 Å². The van der Waals surface area contributed by atoms with Crippen LogP contribution in [0, 0.1) is 0 Å². The highest BCUT2D eigenvalue weighted by Crippen LogP contribution is 2.45. The first-order chi connectivity index (χ1) is 15.2. The summed E-state index contributed by atoms with van der Waals surface area (Å²) < 4.78 is 16.6. The zero-order chi connectivity index (χ0) is 21.2. The van der Waals surface area contributed by atoms with Gasteiger partial charge in [-0.2, -0.15) is 0 Å². The number of anilines is 2. The Bertz CT molecular complexity index is 1110. The topological polar surface area (TPSA) is 81.0 Å². The fraction of sp³-hybridized carbons (Fsp3) is 0.217. The molecule has 2 aromatic carbocycles. The molecular weight excluding hydrogens is 416 g/mol. The van der Waals surface area contributed by atoms with Crippen molar-refractivity contribution in [2.45, 2.75) is 16.6 Å². The lowest BCUT2D eigenvalue weighted by molar-refractivity contribution is -0.121. The molecule has 31 heavy (non-hydrogen) atoms. The Labute approximate surface area is 183 Å². The molecule has 8 heteroatoms. The van der Waals surface area contributed by atoms with Gasteiger partial charge in [-0.3, -0.25) is 9.59 Å². The number of nitrogens with one attached hydrogen (secondary N) is 1. The normalized spacial score (nSPS) is 17.6. The monoisotopic (exact) mass is 436 g/mol. The fourth-order valence-electron chi connectivity index (χ4n) is 3.65. The molecule has 1 N–H and O–H groups in total. The summed E-state index contributed by atoms with van der Waals surface area (Å²) in [7, 11) is 0. The van der Waals surface area contributed by atoms with E-state index in [1.54, 1.807) is 41.1 Å². The lowest BCUT2D eigenvalue weighted by Gasteiger charge is -2.22. The third kappa shape index (κ3) is 4.11. The number of benzene rings is 2. The van der Waals surface area contributed by atoms with Crippen LogP contribution in [-0.4, -0.2) is 31.6 Å². The lowest BCUT2D eigenvalue weighted by Crippen LogP contribution is -2.38. The molecule has 0 aliphatic carbocycles. The molecule has 5 rings (SSSR count). The highest BCUT2D eigenvalue weighted by Gasteiger charge is 2.31. The van der Waals surface area contributed by atoms with E-state index in [2.05, 4.69) is 5.32 Å². The molecule has 2 amide bonds. The number of carbonyl (C=O) groups excluding carboxylic acids is 2. The van der Waals surface area contributed by atoms with Crippen molar-refractivity contribution in [2.75, 3.05) is 30.0 Å². The van der Waals surface area contributed by atoms with Crippen LogP contribution < -0.4 is 19.7 Å². The van der Waals surface area contributed by atoms with Gasteiger partial charge in [0.25, 0.3) is 0 Å². The SMILES string of the molecule is O=C(CN1C(=O)C[C@H](c2ccco2)Sc2ccccc21)Nc1ccc2c(c1)OCCO2. The number of fused-ring (bicyclic) bond motifs is 2. The minimum Gasteiger partial charge on any atom is -0.486 e. The molecule has 3 aromatic rings. The number of amides is 2. The van der Waals surface area contributed by atoms with Crippen LogP contribution in [0.15, 0.2) is 70.2 Å². The second kappa shape index (κ2) is 8.39. The molecule has 0 spiro atoms. The highest BCUT2D eigenvalue weighted by molar-refractivity contribution is 7.99. The molecule has 1 aromatic heterocycles. The Balaban J connectivity index is 1.35. The second-order valence-electron chi connectivity index (χ2n) is 7.18. The van der Waals surface area contributed by atoms with Gasteiger partial charge in [-0.15, -0.1) is 11.8 Å². The molecule has 2 aliphatic heterocycles. The summed E-state index contributed by atoms with van der Waals surface area (Å²) in [5.74, 6) is 1.58. The Morgan fingerprint density at radius 3 is 2.74 bits per heavy atom. The summed E-state index contributed by atoms with van der Waals surface area (Å²) >= 11 is 1.57. The summed E-state index contributed by atoms with van der Waals surface area (Å²) in [6, 6.07) is 16.6. The van der Waals surface area contributed by atoms with Crippen molar-refractivity contribution in [3.63, 3.8) is 0 Å². The van der Waals surface area contributed by atoms with Crippen LogP contribution in [0.2, 0.25) is 0 Å². The van der Waals surface area contributed by atoms with Crippen molar-refractivity contribution in [1.29, 1.82) is 0 Å². The second-order valence-corrected chi connectivity index (χ2v) is 8.42. The van der Waals surface area contributed by atoms with Crippen molar-refractivity contribution in [3.8, 4) is 11.5 Å². The van der Waals surface area contributed by atoms with Gasteiger partial charge < -0.3 is 24.1 Å². The maximum Gasteiger partial charge on any atom is 0.244 e. The van der Waals surface area contributed by atoms with Crippen LogP contribution in [0.25, 0.3) is 0 Å². The summed E-state index contributed by atoms with van der Waals surface area (Å²) in [6.45, 7) is 0.889. The minimum absolute atomic E-state index is 0.0876. The van der Waals surface area contributed by atoms with Crippen LogP contribution >= 0.6 is 11.8 Å². The molecular formula is C23H20N2O5S. The van der Waals surface area contributed by atoms with E-state index in [9.17, 15) is 9.59 Å². The number of thioether (sulfide) groups is 1. The van der Waals surface area contributed by atoms with Crippen molar-refractivity contribution in [2.24, 2.45) is 0 Å². The van der Waals surface area contributed by atoms with E-state index in [1.165, 1.54) is 0 Å². The van der Waals surface area contributed by atoms with Crippen LogP contribution in [0.5, 0.6) is 11.5 Å². The largest absolute Gasteiger partial charge is 0.486 e. The number of furan rings is 1. The standard InChI is InChI=1S/C23H20N2O5S/c26-22(24-15-7-8-17-19(12-15)30-11-10-29-17)14-25-16-4-1-2-6-20(16)31-21(13-23(25)27)18-5-3-9-28-18/h1-9,12,21H,10-11,13-14H2,(H,24,26)/t21-/m1/s1. The average molecular weight is 436 g/mol. The van der Waals surface area contributed by atoms with Crippen LogP contribution in [0.3, 0.4) is 0 Å². The Morgan fingerprint density at radius 1 is 1.06 bits per heavy atom. The number of nitrogens with zero attached hydrogens (tertiary/aromatic N) is 1.